The minimum atomic E-state index is -0.838. The predicted octanol–water partition coefficient (Wildman–Crippen LogP) is 5.78. The van der Waals surface area contributed by atoms with E-state index in [0.717, 1.165) is 11.3 Å². The molecule has 3 aromatic carbocycles. The second-order valence-electron chi connectivity index (χ2n) is 6.91. The standard InChI is InChI=1S/C25H20ClNO4/c1-2-30-19-11-8-16(9-12-19)23-15-21(28)20-14-18(10-13-22(20)31-23)27-25(29)24(26)17-6-4-3-5-7-17/h3-15,24H,2H2,1H3,(H,27,29). The molecule has 1 unspecified atom stereocenters. The van der Waals surface area contributed by atoms with E-state index in [-0.39, 0.29) is 11.3 Å². The molecular formula is C25H20ClNO4. The van der Waals surface area contributed by atoms with Crippen molar-refractivity contribution in [1.82, 2.24) is 0 Å². The maximum Gasteiger partial charge on any atom is 0.246 e. The minimum absolute atomic E-state index is 0.202. The largest absolute Gasteiger partial charge is 0.494 e. The molecule has 0 radical (unpaired) electrons. The van der Waals surface area contributed by atoms with Crippen LogP contribution in [0.5, 0.6) is 5.75 Å². The highest BCUT2D eigenvalue weighted by molar-refractivity contribution is 6.32. The van der Waals surface area contributed by atoms with Crippen molar-refractivity contribution < 1.29 is 13.9 Å². The van der Waals surface area contributed by atoms with Gasteiger partial charge in [0, 0.05) is 17.3 Å². The van der Waals surface area contributed by atoms with Crippen LogP contribution in [-0.2, 0) is 4.79 Å². The van der Waals surface area contributed by atoms with Crippen LogP contribution in [0.1, 0.15) is 17.9 Å². The van der Waals surface area contributed by atoms with Gasteiger partial charge in [0.05, 0.1) is 12.0 Å². The second-order valence-corrected chi connectivity index (χ2v) is 7.34. The Bertz CT molecular complexity index is 1270. The van der Waals surface area contributed by atoms with Crippen molar-refractivity contribution in [2.24, 2.45) is 0 Å². The van der Waals surface area contributed by atoms with E-state index in [1.165, 1.54) is 6.07 Å². The van der Waals surface area contributed by atoms with Crippen molar-refractivity contribution in [3.63, 3.8) is 0 Å². The fraction of sp³-hybridized carbons (Fsp3) is 0.120. The first kappa shape index (κ1) is 20.7. The van der Waals surface area contributed by atoms with E-state index in [1.54, 1.807) is 30.3 Å². The average molecular weight is 434 g/mol. The molecule has 0 aliphatic rings. The summed E-state index contributed by atoms with van der Waals surface area (Å²) in [5.41, 5.74) is 2.17. The number of rotatable bonds is 6. The zero-order chi connectivity index (χ0) is 21.8. The van der Waals surface area contributed by atoms with Gasteiger partial charge < -0.3 is 14.5 Å². The Balaban J connectivity index is 1.58. The molecule has 6 heteroatoms. The van der Waals surface area contributed by atoms with Crippen molar-refractivity contribution in [3.8, 4) is 17.1 Å². The van der Waals surface area contributed by atoms with Crippen LogP contribution in [0.4, 0.5) is 5.69 Å². The lowest BCUT2D eigenvalue weighted by molar-refractivity contribution is -0.116. The monoisotopic (exact) mass is 433 g/mol. The number of hydrogen-bond donors (Lipinski definition) is 1. The maximum absolute atomic E-state index is 12.7. The molecule has 4 rings (SSSR count). The van der Waals surface area contributed by atoms with Gasteiger partial charge in [0.1, 0.15) is 22.5 Å². The fourth-order valence-corrected chi connectivity index (χ4v) is 3.44. The third-order valence-electron chi connectivity index (χ3n) is 4.77. The van der Waals surface area contributed by atoms with E-state index in [0.29, 0.717) is 34.6 Å². The van der Waals surface area contributed by atoms with Crippen molar-refractivity contribution >= 4 is 34.2 Å². The van der Waals surface area contributed by atoms with E-state index in [4.69, 9.17) is 20.8 Å². The SMILES string of the molecule is CCOc1ccc(-c2cc(=O)c3cc(NC(=O)C(Cl)c4ccccc4)ccc3o2)cc1. The number of carbonyl (C=O) groups excluding carboxylic acids is 1. The summed E-state index contributed by atoms with van der Waals surface area (Å²) in [4.78, 5) is 25.2. The zero-order valence-corrected chi connectivity index (χ0v) is 17.6. The van der Waals surface area contributed by atoms with Crippen LogP contribution in [0.25, 0.3) is 22.3 Å². The summed E-state index contributed by atoms with van der Waals surface area (Å²) < 4.78 is 11.4. The average Bonchev–Trinajstić information content (AvgIpc) is 2.80. The highest BCUT2D eigenvalue weighted by atomic mass is 35.5. The Kier molecular flexibility index (Phi) is 6.05. The molecule has 0 saturated carbocycles. The van der Waals surface area contributed by atoms with Crippen molar-refractivity contribution in [2.45, 2.75) is 12.3 Å². The first-order valence-corrected chi connectivity index (χ1v) is 10.3. The molecule has 0 saturated heterocycles. The van der Waals surface area contributed by atoms with Crippen molar-refractivity contribution in [1.29, 1.82) is 0 Å². The molecule has 0 aliphatic carbocycles. The Morgan fingerprint density at radius 1 is 1.03 bits per heavy atom. The number of anilines is 1. The topological polar surface area (TPSA) is 68.5 Å². The van der Waals surface area contributed by atoms with Gasteiger partial charge in [-0.15, -0.1) is 11.6 Å². The highest BCUT2D eigenvalue weighted by Crippen LogP contribution is 2.27. The van der Waals surface area contributed by atoms with Crippen LogP contribution in [0.2, 0.25) is 0 Å². The molecular weight excluding hydrogens is 414 g/mol. The predicted molar refractivity (Wildman–Crippen MR) is 123 cm³/mol. The van der Waals surface area contributed by atoms with Crippen LogP contribution in [0, 0.1) is 0 Å². The van der Waals surface area contributed by atoms with E-state index in [2.05, 4.69) is 5.32 Å². The summed E-state index contributed by atoms with van der Waals surface area (Å²) in [6, 6.07) is 22.8. The van der Waals surface area contributed by atoms with Gasteiger partial charge in [0.2, 0.25) is 5.91 Å². The van der Waals surface area contributed by atoms with Gasteiger partial charge in [-0.25, -0.2) is 0 Å². The quantitative estimate of drug-likeness (QED) is 0.391. The molecule has 156 valence electrons. The molecule has 1 heterocycles. The first-order valence-electron chi connectivity index (χ1n) is 9.86. The number of halogens is 1. The molecule has 0 bridgehead atoms. The molecule has 0 aliphatic heterocycles. The number of benzene rings is 3. The van der Waals surface area contributed by atoms with Gasteiger partial charge in [-0.3, -0.25) is 9.59 Å². The van der Waals surface area contributed by atoms with Crippen molar-refractivity contribution in [2.75, 3.05) is 11.9 Å². The summed E-state index contributed by atoms with van der Waals surface area (Å²) in [5.74, 6) is 0.840. The molecule has 31 heavy (non-hydrogen) atoms. The third kappa shape index (κ3) is 4.62. The molecule has 4 aromatic rings. The lowest BCUT2D eigenvalue weighted by atomic mass is 10.1. The molecule has 0 spiro atoms. The van der Waals surface area contributed by atoms with Gasteiger partial charge in [-0.2, -0.15) is 0 Å². The van der Waals surface area contributed by atoms with Gasteiger partial charge >= 0.3 is 0 Å². The molecule has 0 fully saturated rings. The number of fused-ring (bicyclic) bond motifs is 1. The molecule has 5 nitrogen and oxygen atoms in total. The van der Waals surface area contributed by atoms with E-state index in [9.17, 15) is 9.59 Å². The minimum Gasteiger partial charge on any atom is -0.494 e. The van der Waals surface area contributed by atoms with Gasteiger partial charge in [0.25, 0.3) is 0 Å². The van der Waals surface area contributed by atoms with Crippen LogP contribution in [0.3, 0.4) is 0 Å². The second kappa shape index (κ2) is 9.06. The van der Waals surface area contributed by atoms with Crippen LogP contribution < -0.4 is 15.5 Å². The van der Waals surface area contributed by atoms with E-state index < -0.39 is 5.38 Å². The summed E-state index contributed by atoms with van der Waals surface area (Å²) in [5, 5.41) is 2.29. The van der Waals surface area contributed by atoms with Gasteiger partial charge in [0.15, 0.2) is 5.43 Å². The number of hydrogen-bond acceptors (Lipinski definition) is 4. The lowest BCUT2D eigenvalue weighted by Gasteiger charge is -2.11. The highest BCUT2D eigenvalue weighted by Gasteiger charge is 2.18. The third-order valence-corrected chi connectivity index (χ3v) is 5.22. The Morgan fingerprint density at radius 2 is 1.77 bits per heavy atom. The number of alkyl halides is 1. The van der Waals surface area contributed by atoms with Crippen LogP contribution in [-0.4, -0.2) is 12.5 Å². The first-order chi connectivity index (χ1) is 15.0. The zero-order valence-electron chi connectivity index (χ0n) is 16.8. The summed E-state index contributed by atoms with van der Waals surface area (Å²) >= 11 is 6.27. The Labute approximate surface area is 184 Å². The number of amides is 1. The Hall–Kier alpha value is -3.57. The number of carbonyl (C=O) groups is 1. The molecule has 1 atom stereocenters. The number of ether oxygens (including phenoxy) is 1. The summed E-state index contributed by atoms with van der Waals surface area (Å²) in [7, 11) is 0. The van der Waals surface area contributed by atoms with Crippen LogP contribution >= 0.6 is 11.6 Å². The summed E-state index contributed by atoms with van der Waals surface area (Å²) in [6.45, 7) is 2.50. The van der Waals surface area contributed by atoms with Gasteiger partial charge in [-0.1, -0.05) is 30.3 Å². The van der Waals surface area contributed by atoms with Crippen LogP contribution in [0.15, 0.2) is 88.1 Å². The van der Waals surface area contributed by atoms with E-state index in [1.807, 2.05) is 49.4 Å². The summed E-state index contributed by atoms with van der Waals surface area (Å²) in [6.07, 6.45) is 0. The Morgan fingerprint density at radius 3 is 2.48 bits per heavy atom. The lowest BCUT2D eigenvalue weighted by Crippen LogP contribution is -2.17. The maximum atomic E-state index is 12.7. The fourth-order valence-electron chi connectivity index (χ4n) is 3.24. The molecule has 1 N–H and O–H groups in total. The van der Waals surface area contributed by atoms with E-state index >= 15 is 0 Å². The van der Waals surface area contributed by atoms with Crippen molar-refractivity contribution in [3.05, 3.63) is 94.6 Å². The number of nitrogens with one attached hydrogen (secondary N) is 1. The van der Waals surface area contributed by atoms with Gasteiger partial charge in [-0.05, 0) is 55.0 Å². The molecule has 1 amide bonds. The smallest absolute Gasteiger partial charge is 0.246 e. The normalized spacial score (nSPS) is 11.8. The molecule has 1 aromatic heterocycles.